The predicted molar refractivity (Wildman–Crippen MR) is 120 cm³/mol. The Morgan fingerprint density at radius 1 is 0.969 bits per heavy atom. The van der Waals surface area contributed by atoms with Crippen molar-refractivity contribution in [3.05, 3.63) is 35.9 Å². The molecule has 0 spiro atoms. The summed E-state index contributed by atoms with van der Waals surface area (Å²) in [5.74, 6) is -1.17. The molecule has 178 valence electrons. The molecule has 1 N–H and O–H groups in total. The molecule has 0 radical (unpaired) electrons. The van der Waals surface area contributed by atoms with E-state index in [0.29, 0.717) is 6.54 Å². The molecule has 0 saturated heterocycles. The molecule has 2 rings (SSSR count). The molecule has 1 unspecified atom stereocenters. The molecule has 0 heterocycles. The number of amides is 1. The molecule has 1 aliphatic rings. The molecule has 0 aliphatic heterocycles. The van der Waals surface area contributed by atoms with Gasteiger partial charge in [0.25, 0.3) is 6.29 Å². The van der Waals surface area contributed by atoms with E-state index in [0.717, 1.165) is 37.7 Å². The molecule has 1 fully saturated rings. The molecule has 1 atom stereocenters. The Hall–Kier alpha value is -2.57. The van der Waals surface area contributed by atoms with Crippen molar-refractivity contribution < 1.29 is 28.6 Å². The highest BCUT2D eigenvalue weighted by Crippen LogP contribution is 2.39. The first-order chi connectivity index (χ1) is 15.2. The van der Waals surface area contributed by atoms with Crippen molar-refractivity contribution >= 4 is 18.0 Å². The van der Waals surface area contributed by atoms with Crippen LogP contribution in [-0.4, -0.2) is 30.9 Å². The molecule has 7 nitrogen and oxygen atoms in total. The average Bonchev–Trinajstić information content (AvgIpc) is 2.77. The SMILES string of the molecule is CC(C)C(=O)OC(OC(=O)NCC1(CC(=O)OCc2ccccc2)CCCCC1)C(C)C. The monoisotopic (exact) mass is 447 g/mol. The Balaban J connectivity index is 1.90. The van der Waals surface area contributed by atoms with Gasteiger partial charge in [-0.05, 0) is 23.8 Å². The van der Waals surface area contributed by atoms with Gasteiger partial charge in [0.2, 0.25) is 0 Å². The number of esters is 2. The topological polar surface area (TPSA) is 90.9 Å². The van der Waals surface area contributed by atoms with Crippen LogP contribution < -0.4 is 5.32 Å². The lowest BCUT2D eigenvalue weighted by atomic mass is 9.71. The van der Waals surface area contributed by atoms with E-state index in [-0.39, 0.29) is 36.2 Å². The molecular formula is C25H37NO6. The highest BCUT2D eigenvalue weighted by molar-refractivity contribution is 5.72. The Labute approximate surface area is 191 Å². The quantitative estimate of drug-likeness (QED) is 0.402. The van der Waals surface area contributed by atoms with Crippen molar-refractivity contribution in [1.29, 1.82) is 0 Å². The van der Waals surface area contributed by atoms with Crippen molar-refractivity contribution in [1.82, 2.24) is 5.32 Å². The van der Waals surface area contributed by atoms with E-state index >= 15 is 0 Å². The molecule has 1 aromatic rings. The van der Waals surface area contributed by atoms with Crippen molar-refractivity contribution in [2.75, 3.05) is 6.54 Å². The third kappa shape index (κ3) is 8.52. The maximum absolute atomic E-state index is 12.6. The lowest BCUT2D eigenvalue weighted by molar-refractivity contribution is -0.178. The second-order valence-corrected chi connectivity index (χ2v) is 9.35. The number of benzene rings is 1. The third-order valence-corrected chi connectivity index (χ3v) is 5.76. The Morgan fingerprint density at radius 3 is 2.22 bits per heavy atom. The van der Waals surface area contributed by atoms with Gasteiger partial charge in [0.1, 0.15) is 6.61 Å². The van der Waals surface area contributed by atoms with Crippen LogP contribution in [0, 0.1) is 17.3 Å². The van der Waals surface area contributed by atoms with Crippen LogP contribution in [-0.2, 0) is 30.4 Å². The molecule has 0 aromatic heterocycles. The molecule has 0 bridgehead atoms. The van der Waals surface area contributed by atoms with Gasteiger partial charge in [-0.1, -0.05) is 77.3 Å². The van der Waals surface area contributed by atoms with Gasteiger partial charge in [0, 0.05) is 12.5 Å². The number of carbonyl (C=O) groups is 3. The van der Waals surface area contributed by atoms with Crippen LogP contribution in [0.5, 0.6) is 0 Å². The number of rotatable bonds is 10. The number of carbonyl (C=O) groups excluding carboxylic acids is 3. The van der Waals surface area contributed by atoms with Crippen molar-refractivity contribution in [2.24, 2.45) is 17.3 Å². The van der Waals surface area contributed by atoms with Gasteiger partial charge in [-0.15, -0.1) is 0 Å². The van der Waals surface area contributed by atoms with E-state index in [1.54, 1.807) is 13.8 Å². The molecule has 1 aromatic carbocycles. The van der Waals surface area contributed by atoms with Gasteiger partial charge in [-0.3, -0.25) is 9.59 Å². The number of hydrogen-bond donors (Lipinski definition) is 1. The molecule has 1 amide bonds. The van der Waals surface area contributed by atoms with Gasteiger partial charge >= 0.3 is 18.0 Å². The minimum atomic E-state index is -0.956. The minimum Gasteiger partial charge on any atom is -0.461 e. The van der Waals surface area contributed by atoms with Gasteiger partial charge in [0.15, 0.2) is 0 Å². The number of hydrogen-bond acceptors (Lipinski definition) is 6. The van der Waals surface area contributed by atoms with E-state index in [2.05, 4.69) is 5.32 Å². The summed E-state index contributed by atoms with van der Waals surface area (Å²) in [7, 11) is 0. The molecule has 1 aliphatic carbocycles. The zero-order valence-electron chi connectivity index (χ0n) is 19.7. The fourth-order valence-electron chi connectivity index (χ4n) is 3.77. The van der Waals surface area contributed by atoms with Gasteiger partial charge in [-0.2, -0.15) is 0 Å². The minimum absolute atomic E-state index is 0.181. The van der Waals surface area contributed by atoms with Crippen LogP contribution in [0.15, 0.2) is 30.3 Å². The van der Waals surface area contributed by atoms with Gasteiger partial charge < -0.3 is 19.5 Å². The summed E-state index contributed by atoms with van der Waals surface area (Å²) in [6.45, 7) is 7.64. The average molecular weight is 448 g/mol. The van der Waals surface area contributed by atoms with Crippen LogP contribution in [0.25, 0.3) is 0 Å². The lowest BCUT2D eigenvalue weighted by Crippen LogP contribution is -2.43. The summed E-state index contributed by atoms with van der Waals surface area (Å²) in [5.41, 5.74) is 0.586. The van der Waals surface area contributed by atoms with Gasteiger partial charge in [0.05, 0.1) is 12.3 Å². The second kappa shape index (κ2) is 12.5. The predicted octanol–water partition coefficient (Wildman–Crippen LogP) is 4.98. The Morgan fingerprint density at radius 2 is 1.62 bits per heavy atom. The van der Waals surface area contributed by atoms with Crippen LogP contribution >= 0.6 is 0 Å². The summed E-state index contributed by atoms with van der Waals surface area (Å²) in [5, 5.41) is 2.80. The van der Waals surface area contributed by atoms with Crippen LogP contribution in [0.2, 0.25) is 0 Å². The maximum atomic E-state index is 12.6. The molecule has 1 saturated carbocycles. The highest BCUT2D eigenvalue weighted by Gasteiger charge is 2.36. The van der Waals surface area contributed by atoms with Crippen LogP contribution in [0.4, 0.5) is 4.79 Å². The smallest absolute Gasteiger partial charge is 0.410 e. The summed E-state index contributed by atoms with van der Waals surface area (Å²) in [6.07, 6.45) is 3.44. The zero-order valence-corrected chi connectivity index (χ0v) is 19.7. The summed E-state index contributed by atoms with van der Waals surface area (Å²) >= 11 is 0. The summed E-state index contributed by atoms with van der Waals surface area (Å²) in [6, 6.07) is 9.56. The van der Waals surface area contributed by atoms with Crippen LogP contribution in [0.3, 0.4) is 0 Å². The fourth-order valence-corrected chi connectivity index (χ4v) is 3.77. The van der Waals surface area contributed by atoms with Crippen LogP contribution in [0.1, 0.15) is 71.8 Å². The second-order valence-electron chi connectivity index (χ2n) is 9.35. The normalized spacial score (nSPS) is 16.3. The first-order valence-electron chi connectivity index (χ1n) is 11.6. The maximum Gasteiger partial charge on any atom is 0.410 e. The zero-order chi connectivity index (χ0) is 23.6. The standard InChI is InChI=1S/C25H37NO6/c1-18(2)22(28)31-23(19(3)4)32-24(29)26-17-25(13-9-6-10-14-25)15-21(27)30-16-20-11-7-5-8-12-20/h5,7-8,11-12,18-19,23H,6,9-10,13-17H2,1-4H3,(H,26,29). The van der Waals surface area contributed by atoms with E-state index in [4.69, 9.17) is 14.2 Å². The molecular weight excluding hydrogens is 410 g/mol. The molecule has 32 heavy (non-hydrogen) atoms. The van der Waals surface area contributed by atoms with E-state index in [1.807, 2.05) is 44.2 Å². The number of ether oxygens (including phenoxy) is 3. The third-order valence-electron chi connectivity index (χ3n) is 5.76. The highest BCUT2D eigenvalue weighted by atomic mass is 16.7. The lowest BCUT2D eigenvalue weighted by Gasteiger charge is -2.36. The van der Waals surface area contributed by atoms with E-state index < -0.39 is 18.4 Å². The van der Waals surface area contributed by atoms with E-state index in [9.17, 15) is 14.4 Å². The Bertz CT molecular complexity index is 740. The summed E-state index contributed by atoms with van der Waals surface area (Å²) in [4.78, 5) is 36.9. The number of nitrogens with one attached hydrogen (secondary N) is 1. The van der Waals surface area contributed by atoms with Crippen molar-refractivity contribution in [3.63, 3.8) is 0 Å². The number of alkyl carbamates (subject to hydrolysis) is 1. The van der Waals surface area contributed by atoms with Crippen molar-refractivity contribution in [3.8, 4) is 0 Å². The van der Waals surface area contributed by atoms with Gasteiger partial charge in [-0.25, -0.2) is 4.79 Å². The fraction of sp³-hybridized carbons (Fsp3) is 0.640. The Kier molecular flexibility index (Phi) is 10.0. The first-order valence-corrected chi connectivity index (χ1v) is 11.6. The summed E-state index contributed by atoms with van der Waals surface area (Å²) < 4.78 is 16.2. The first kappa shape index (κ1) is 25.7. The van der Waals surface area contributed by atoms with E-state index in [1.165, 1.54) is 0 Å². The molecule has 7 heteroatoms. The largest absolute Gasteiger partial charge is 0.461 e. The van der Waals surface area contributed by atoms with Crippen molar-refractivity contribution in [2.45, 2.75) is 79.1 Å².